The van der Waals surface area contributed by atoms with Gasteiger partial charge in [0.05, 0.1) is 13.5 Å². The first-order chi connectivity index (χ1) is 14.6. The van der Waals surface area contributed by atoms with E-state index in [0.717, 1.165) is 49.1 Å². The normalized spacial score (nSPS) is 19.7. The summed E-state index contributed by atoms with van der Waals surface area (Å²) >= 11 is 0. The SMILES string of the molecule is COc1cccc(CC(=O)N2CCN(c3cc(N4CCCC(C)C4)ncn3)CC2)c1. The van der Waals surface area contributed by atoms with Crippen LogP contribution in [0.1, 0.15) is 25.3 Å². The minimum absolute atomic E-state index is 0.161. The van der Waals surface area contributed by atoms with Gasteiger partial charge in [0.1, 0.15) is 23.7 Å². The molecule has 1 aromatic heterocycles. The molecule has 0 spiro atoms. The Balaban J connectivity index is 1.34. The molecule has 160 valence electrons. The monoisotopic (exact) mass is 409 g/mol. The van der Waals surface area contributed by atoms with Crippen molar-refractivity contribution < 1.29 is 9.53 Å². The molecular formula is C23H31N5O2. The molecule has 1 aromatic carbocycles. The number of hydrogen-bond donors (Lipinski definition) is 0. The predicted octanol–water partition coefficient (Wildman–Crippen LogP) is 2.61. The summed E-state index contributed by atoms with van der Waals surface area (Å²) in [6.07, 6.45) is 4.58. The molecule has 7 nitrogen and oxygen atoms in total. The van der Waals surface area contributed by atoms with E-state index in [1.807, 2.05) is 29.2 Å². The van der Waals surface area contributed by atoms with Crippen LogP contribution in [0.5, 0.6) is 5.75 Å². The van der Waals surface area contributed by atoms with E-state index in [4.69, 9.17) is 4.74 Å². The van der Waals surface area contributed by atoms with E-state index in [0.29, 0.717) is 25.4 Å². The van der Waals surface area contributed by atoms with Crippen molar-refractivity contribution in [3.8, 4) is 5.75 Å². The Morgan fingerprint density at radius 2 is 1.83 bits per heavy atom. The first-order valence-corrected chi connectivity index (χ1v) is 10.8. The molecule has 0 radical (unpaired) electrons. The molecule has 7 heteroatoms. The Labute approximate surface area is 178 Å². The van der Waals surface area contributed by atoms with E-state index in [9.17, 15) is 4.79 Å². The number of hydrogen-bond acceptors (Lipinski definition) is 6. The first kappa shape index (κ1) is 20.4. The van der Waals surface area contributed by atoms with E-state index in [1.165, 1.54) is 12.8 Å². The lowest BCUT2D eigenvalue weighted by molar-refractivity contribution is -0.130. The van der Waals surface area contributed by atoms with E-state index >= 15 is 0 Å². The lowest BCUT2D eigenvalue weighted by Gasteiger charge is -2.36. The Hall–Kier alpha value is -2.83. The Bertz CT molecular complexity index is 866. The Morgan fingerprint density at radius 1 is 1.07 bits per heavy atom. The number of anilines is 2. The summed E-state index contributed by atoms with van der Waals surface area (Å²) in [6, 6.07) is 9.83. The molecule has 2 saturated heterocycles. The number of piperidine rings is 1. The maximum atomic E-state index is 12.7. The second-order valence-electron chi connectivity index (χ2n) is 8.32. The van der Waals surface area contributed by atoms with Crippen LogP contribution in [0.3, 0.4) is 0 Å². The average Bonchev–Trinajstić information content (AvgIpc) is 2.79. The summed E-state index contributed by atoms with van der Waals surface area (Å²) in [7, 11) is 1.64. The van der Waals surface area contributed by atoms with Crippen molar-refractivity contribution in [1.82, 2.24) is 14.9 Å². The van der Waals surface area contributed by atoms with Gasteiger partial charge in [-0.3, -0.25) is 4.79 Å². The van der Waals surface area contributed by atoms with Crippen LogP contribution in [0.15, 0.2) is 36.7 Å². The first-order valence-electron chi connectivity index (χ1n) is 10.8. The van der Waals surface area contributed by atoms with Gasteiger partial charge in [-0.2, -0.15) is 0 Å². The van der Waals surface area contributed by atoms with E-state index in [2.05, 4.69) is 32.8 Å². The molecule has 2 aromatic rings. The van der Waals surface area contributed by atoms with Crippen LogP contribution in [0.4, 0.5) is 11.6 Å². The zero-order valence-electron chi connectivity index (χ0n) is 18.0. The van der Waals surface area contributed by atoms with Gasteiger partial charge in [0, 0.05) is 45.3 Å². The minimum Gasteiger partial charge on any atom is -0.497 e. The van der Waals surface area contributed by atoms with E-state index in [-0.39, 0.29) is 5.91 Å². The maximum Gasteiger partial charge on any atom is 0.227 e. The minimum atomic E-state index is 0.161. The number of methoxy groups -OCH3 is 1. The molecular weight excluding hydrogens is 378 g/mol. The molecule has 2 fully saturated rings. The van der Waals surface area contributed by atoms with Crippen LogP contribution in [-0.2, 0) is 11.2 Å². The highest BCUT2D eigenvalue weighted by Gasteiger charge is 2.23. The third-order valence-electron chi connectivity index (χ3n) is 6.07. The van der Waals surface area contributed by atoms with Crippen molar-refractivity contribution in [1.29, 1.82) is 0 Å². The van der Waals surface area contributed by atoms with Crippen LogP contribution in [-0.4, -0.2) is 67.2 Å². The van der Waals surface area contributed by atoms with Crippen molar-refractivity contribution in [2.45, 2.75) is 26.2 Å². The van der Waals surface area contributed by atoms with Crippen LogP contribution in [0, 0.1) is 5.92 Å². The summed E-state index contributed by atoms with van der Waals surface area (Å²) in [5, 5.41) is 0. The third-order valence-corrected chi connectivity index (χ3v) is 6.07. The Morgan fingerprint density at radius 3 is 2.57 bits per heavy atom. The second-order valence-corrected chi connectivity index (χ2v) is 8.32. The fraction of sp³-hybridized carbons (Fsp3) is 0.522. The molecule has 30 heavy (non-hydrogen) atoms. The maximum absolute atomic E-state index is 12.7. The number of ether oxygens (including phenoxy) is 1. The van der Waals surface area contributed by atoms with Gasteiger partial charge < -0.3 is 19.4 Å². The van der Waals surface area contributed by atoms with Crippen LogP contribution in [0.25, 0.3) is 0 Å². The average molecular weight is 410 g/mol. The molecule has 1 unspecified atom stereocenters. The second kappa shape index (κ2) is 9.32. The summed E-state index contributed by atoms with van der Waals surface area (Å²) in [5.41, 5.74) is 0.984. The largest absolute Gasteiger partial charge is 0.497 e. The summed E-state index contributed by atoms with van der Waals surface area (Å²) in [6.45, 7) is 7.42. The molecule has 0 bridgehead atoms. The summed E-state index contributed by atoms with van der Waals surface area (Å²) in [5.74, 6) is 3.62. The number of nitrogens with zero attached hydrogens (tertiary/aromatic N) is 5. The third kappa shape index (κ3) is 4.83. The van der Waals surface area contributed by atoms with E-state index < -0.39 is 0 Å². The highest BCUT2D eigenvalue weighted by molar-refractivity contribution is 5.79. The number of carbonyl (C=O) groups excluding carboxylic acids is 1. The smallest absolute Gasteiger partial charge is 0.227 e. The predicted molar refractivity (Wildman–Crippen MR) is 118 cm³/mol. The van der Waals surface area contributed by atoms with Gasteiger partial charge in [-0.15, -0.1) is 0 Å². The standard InChI is InChI=1S/C23H31N5O2/c1-18-5-4-8-28(16-18)22-15-21(24-17-25-22)26-9-11-27(12-10-26)23(29)14-19-6-3-7-20(13-19)30-2/h3,6-7,13,15,17-18H,4-5,8-12,14,16H2,1-2H3. The van der Waals surface area contributed by atoms with Gasteiger partial charge in [-0.05, 0) is 36.5 Å². The van der Waals surface area contributed by atoms with Gasteiger partial charge in [-0.25, -0.2) is 9.97 Å². The summed E-state index contributed by atoms with van der Waals surface area (Å²) < 4.78 is 5.26. The van der Waals surface area contributed by atoms with Gasteiger partial charge in [-0.1, -0.05) is 19.1 Å². The van der Waals surface area contributed by atoms with Gasteiger partial charge in [0.25, 0.3) is 0 Å². The van der Waals surface area contributed by atoms with Crippen molar-refractivity contribution in [3.63, 3.8) is 0 Å². The van der Waals surface area contributed by atoms with E-state index in [1.54, 1.807) is 13.4 Å². The summed E-state index contributed by atoms with van der Waals surface area (Å²) in [4.78, 5) is 28.3. The van der Waals surface area contributed by atoms with Crippen molar-refractivity contribution in [2.75, 3.05) is 56.2 Å². The number of carbonyl (C=O) groups is 1. The molecule has 0 saturated carbocycles. The van der Waals surface area contributed by atoms with Crippen LogP contribution >= 0.6 is 0 Å². The number of aromatic nitrogens is 2. The highest BCUT2D eigenvalue weighted by atomic mass is 16.5. The van der Waals surface area contributed by atoms with Crippen LogP contribution < -0.4 is 14.5 Å². The molecule has 3 heterocycles. The lowest BCUT2D eigenvalue weighted by atomic mass is 10.0. The fourth-order valence-corrected chi connectivity index (χ4v) is 4.33. The molecule has 2 aliphatic heterocycles. The van der Waals surface area contributed by atoms with Crippen molar-refractivity contribution in [3.05, 3.63) is 42.2 Å². The molecule has 4 rings (SSSR count). The van der Waals surface area contributed by atoms with Crippen molar-refractivity contribution in [2.24, 2.45) is 5.92 Å². The molecule has 2 aliphatic rings. The quantitative estimate of drug-likeness (QED) is 0.757. The molecule has 1 amide bonds. The number of rotatable bonds is 5. The van der Waals surface area contributed by atoms with Gasteiger partial charge in [0.2, 0.25) is 5.91 Å². The molecule has 1 atom stereocenters. The van der Waals surface area contributed by atoms with Gasteiger partial charge in [0.15, 0.2) is 0 Å². The van der Waals surface area contributed by atoms with Crippen molar-refractivity contribution >= 4 is 17.5 Å². The number of amides is 1. The van der Waals surface area contributed by atoms with Gasteiger partial charge >= 0.3 is 0 Å². The Kier molecular flexibility index (Phi) is 6.35. The fourth-order valence-electron chi connectivity index (χ4n) is 4.33. The molecule has 0 N–H and O–H groups in total. The topological polar surface area (TPSA) is 61.8 Å². The number of benzene rings is 1. The zero-order chi connectivity index (χ0) is 20.9. The zero-order valence-corrected chi connectivity index (χ0v) is 18.0. The van der Waals surface area contributed by atoms with Crippen LogP contribution in [0.2, 0.25) is 0 Å². The highest BCUT2D eigenvalue weighted by Crippen LogP contribution is 2.24. The lowest BCUT2D eigenvalue weighted by Crippen LogP contribution is -2.49. The molecule has 0 aliphatic carbocycles. The number of piperazine rings is 1.